The van der Waals surface area contributed by atoms with E-state index in [4.69, 9.17) is 15.6 Å². The molecule has 2 rings (SSSR count). The number of hydrogen-bond donors (Lipinski definition) is 6. The van der Waals surface area contributed by atoms with Crippen LogP contribution in [-0.4, -0.2) is 61.7 Å². The topological polar surface area (TPSA) is 136 Å². The van der Waals surface area contributed by atoms with Crippen LogP contribution in [0.15, 0.2) is 29.2 Å². The molecule has 0 unspecified atom stereocenters. The van der Waals surface area contributed by atoms with Crippen molar-refractivity contribution < 1.29 is 30.3 Å². The van der Waals surface area contributed by atoms with Crippen LogP contribution in [0.2, 0.25) is 0 Å². The molecule has 0 bridgehead atoms. The van der Waals surface area contributed by atoms with Gasteiger partial charge in [-0.2, -0.15) is 0 Å². The fourth-order valence-electron chi connectivity index (χ4n) is 1.94. The number of rotatable bonds is 3. The highest BCUT2D eigenvalue weighted by Gasteiger charge is 2.53. The minimum absolute atomic E-state index is 0.364. The molecule has 1 aromatic carbocycles. The third-order valence-electron chi connectivity index (χ3n) is 3.10. The lowest BCUT2D eigenvalue weighted by molar-refractivity contribution is -0.305. The molecule has 7 N–H and O–H groups in total. The average Bonchev–Trinajstić information content (AvgIpc) is 2.43. The maximum atomic E-state index is 10.4. The maximum absolute atomic E-state index is 10.4. The Bertz CT molecular complexity index is 473. The average molecular weight is 303 g/mol. The summed E-state index contributed by atoms with van der Waals surface area (Å²) in [4.78, 5) is 0.439. The summed E-state index contributed by atoms with van der Waals surface area (Å²) in [6.07, 6.45) is -6.12. The Morgan fingerprint density at radius 1 is 1.20 bits per heavy atom. The Hall–Kier alpha value is -0.870. The SMILES string of the molecule is Nc1ccccc1S[C@]1(O)O[C@@H](CO)[C@@H](O)[C@@H](O)[C@H]1O. The zero-order valence-electron chi connectivity index (χ0n) is 10.5. The molecular weight excluding hydrogens is 286 g/mol. The van der Waals surface area contributed by atoms with Gasteiger partial charge in [-0.15, -0.1) is 0 Å². The molecule has 0 spiro atoms. The second-order valence-electron chi connectivity index (χ2n) is 4.54. The predicted molar refractivity (Wildman–Crippen MR) is 71.6 cm³/mol. The number of hydrogen-bond acceptors (Lipinski definition) is 8. The van der Waals surface area contributed by atoms with E-state index < -0.39 is 36.1 Å². The molecule has 1 heterocycles. The van der Waals surface area contributed by atoms with E-state index in [9.17, 15) is 20.4 Å². The summed E-state index contributed by atoms with van der Waals surface area (Å²) >= 11 is 0.703. The van der Waals surface area contributed by atoms with E-state index in [1.54, 1.807) is 24.3 Å². The van der Waals surface area contributed by atoms with Crippen LogP contribution in [0.5, 0.6) is 0 Å². The fourth-order valence-corrected chi connectivity index (χ4v) is 3.02. The number of nitrogen functional groups attached to an aromatic ring is 1. The van der Waals surface area contributed by atoms with Crippen molar-refractivity contribution in [3.8, 4) is 0 Å². The summed E-state index contributed by atoms with van der Waals surface area (Å²) in [7, 11) is 0. The largest absolute Gasteiger partial charge is 0.398 e. The number of anilines is 1. The van der Waals surface area contributed by atoms with Gasteiger partial charge in [0, 0.05) is 10.6 Å². The van der Waals surface area contributed by atoms with Gasteiger partial charge < -0.3 is 36.0 Å². The molecule has 20 heavy (non-hydrogen) atoms. The van der Waals surface area contributed by atoms with Crippen molar-refractivity contribution in [2.45, 2.75) is 34.4 Å². The van der Waals surface area contributed by atoms with Crippen LogP contribution in [0.25, 0.3) is 0 Å². The Balaban J connectivity index is 2.26. The van der Waals surface area contributed by atoms with Crippen LogP contribution in [0.3, 0.4) is 0 Å². The third kappa shape index (κ3) is 2.77. The fraction of sp³-hybridized carbons (Fsp3) is 0.500. The first-order valence-electron chi connectivity index (χ1n) is 5.98. The molecule has 0 amide bonds. The number of para-hydroxylation sites is 1. The summed E-state index contributed by atoms with van der Waals surface area (Å²) in [6, 6.07) is 6.61. The molecule has 1 aromatic rings. The van der Waals surface area contributed by atoms with Gasteiger partial charge in [0.25, 0.3) is 5.12 Å². The lowest BCUT2D eigenvalue weighted by Gasteiger charge is -2.44. The number of benzene rings is 1. The lowest BCUT2D eigenvalue weighted by Crippen LogP contribution is -2.63. The van der Waals surface area contributed by atoms with Gasteiger partial charge in [-0.1, -0.05) is 23.9 Å². The van der Waals surface area contributed by atoms with Gasteiger partial charge in [-0.25, -0.2) is 0 Å². The van der Waals surface area contributed by atoms with Crippen LogP contribution < -0.4 is 5.73 Å². The summed E-state index contributed by atoms with van der Waals surface area (Å²) in [6.45, 7) is -0.613. The first-order chi connectivity index (χ1) is 9.39. The number of ether oxygens (including phenoxy) is 1. The molecule has 1 aliphatic heterocycles. The second-order valence-corrected chi connectivity index (χ2v) is 5.76. The monoisotopic (exact) mass is 303 g/mol. The van der Waals surface area contributed by atoms with Gasteiger partial charge in [0.1, 0.15) is 24.4 Å². The van der Waals surface area contributed by atoms with E-state index >= 15 is 0 Å². The number of aliphatic hydroxyl groups excluding tert-OH is 4. The highest BCUT2D eigenvalue weighted by atomic mass is 32.2. The van der Waals surface area contributed by atoms with Crippen LogP contribution in [-0.2, 0) is 4.74 Å². The molecule has 7 nitrogen and oxygen atoms in total. The van der Waals surface area contributed by atoms with E-state index in [-0.39, 0.29) is 0 Å². The molecule has 1 fully saturated rings. The molecule has 0 aromatic heterocycles. The van der Waals surface area contributed by atoms with E-state index in [0.29, 0.717) is 22.3 Å². The zero-order valence-corrected chi connectivity index (χ0v) is 11.3. The molecule has 1 aliphatic rings. The molecule has 0 radical (unpaired) electrons. The van der Waals surface area contributed by atoms with Gasteiger partial charge in [0.15, 0.2) is 0 Å². The summed E-state index contributed by atoms with van der Waals surface area (Å²) in [5, 5.41) is 46.5. The minimum atomic E-state index is -2.22. The van der Waals surface area contributed by atoms with Gasteiger partial charge >= 0.3 is 0 Å². The Morgan fingerprint density at radius 2 is 1.85 bits per heavy atom. The standard InChI is InChI=1S/C12H17NO6S/c13-6-3-1-2-4-8(6)20-12(18)11(17)10(16)9(15)7(5-14)19-12/h1-4,7,9-11,14-18H,5,13H2/t7-,9+,10+,11+,12+/m0/s1. The van der Waals surface area contributed by atoms with E-state index in [0.717, 1.165) is 0 Å². The Labute approximate surface area is 119 Å². The number of aliphatic hydroxyl groups is 5. The van der Waals surface area contributed by atoms with Crippen molar-refractivity contribution in [3.63, 3.8) is 0 Å². The van der Waals surface area contributed by atoms with Crippen molar-refractivity contribution in [1.82, 2.24) is 0 Å². The van der Waals surface area contributed by atoms with Gasteiger partial charge in [0.05, 0.1) is 6.61 Å². The van der Waals surface area contributed by atoms with Crippen molar-refractivity contribution in [3.05, 3.63) is 24.3 Å². The molecule has 5 atom stereocenters. The number of thioether (sulfide) groups is 1. The van der Waals surface area contributed by atoms with Crippen molar-refractivity contribution in [2.75, 3.05) is 12.3 Å². The molecular formula is C12H17NO6S. The Morgan fingerprint density at radius 3 is 2.45 bits per heavy atom. The molecule has 8 heteroatoms. The normalized spacial score (nSPS) is 37.9. The molecule has 0 aliphatic carbocycles. The molecule has 112 valence electrons. The lowest BCUT2D eigenvalue weighted by atomic mass is 9.99. The second kappa shape index (κ2) is 5.86. The summed E-state index contributed by atoms with van der Waals surface area (Å²) in [5.41, 5.74) is 6.10. The van der Waals surface area contributed by atoms with E-state index in [2.05, 4.69) is 0 Å². The predicted octanol–water partition coefficient (Wildman–Crippen LogP) is -1.52. The Kier molecular flexibility index (Phi) is 4.55. The zero-order chi connectivity index (χ0) is 14.9. The van der Waals surface area contributed by atoms with Crippen LogP contribution in [0.1, 0.15) is 0 Å². The number of nitrogens with two attached hydrogens (primary N) is 1. The van der Waals surface area contributed by atoms with Crippen molar-refractivity contribution in [2.24, 2.45) is 0 Å². The highest BCUT2D eigenvalue weighted by Crippen LogP contribution is 2.42. The van der Waals surface area contributed by atoms with Gasteiger partial charge in [-0.3, -0.25) is 0 Å². The van der Waals surface area contributed by atoms with Crippen LogP contribution >= 0.6 is 11.8 Å². The first kappa shape index (κ1) is 15.5. The molecule has 0 saturated carbocycles. The molecule has 1 saturated heterocycles. The highest BCUT2D eigenvalue weighted by molar-refractivity contribution is 8.00. The smallest absolute Gasteiger partial charge is 0.250 e. The quantitative estimate of drug-likeness (QED) is 0.293. The van der Waals surface area contributed by atoms with E-state index in [1.807, 2.05) is 0 Å². The summed E-state index contributed by atoms with van der Waals surface area (Å²) < 4.78 is 5.13. The van der Waals surface area contributed by atoms with Crippen LogP contribution in [0.4, 0.5) is 5.69 Å². The third-order valence-corrected chi connectivity index (χ3v) is 4.33. The van der Waals surface area contributed by atoms with Gasteiger partial charge in [-0.05, 0) is 12.1 Å². The minimum Gasteiger partial charge on any atom is -0.398 e. The van der Waals surface area contributed by atoms with E-state index in [1.165, 1.54) is 0 Å². The first-order valence-corrected chi connectivity index (χ1v) is 6.79. The van der Waals surface area contributed by atoms with Crippen molar-refractivity contribution >= 4 is 17.4 Å². The van der Waals surface area contributed by atoms with Gasteiger partial charge in [0.2, 0.25) is 0 Å². The summed E-state index contributed by atoms with van der Waals surface area (Å²) in [5.74, 6) is 0. The van der Waals surface area contributed by atoms with Crippen LogP contribution in [0, 0.1) is 0 Å². The maximum Gasteiger partial charge on any atom is 0.250 e. The van der Waals surface area contributed by atoms with Crippen molar-refractivity contribution in [1.29, 1.82) is 0 Å².